The molecule has 0 saturated carbocycles. The minimum atomic E-state index is -0.344. The fraction of sp³-hybridized carbons (Fsp3) is 0.190. The van der Waals surface area contributed by atoms with Gasteiger partial charge in [0.25, 0.3) is 5.56 Å². The van der Waals surface area contributed by atoms with Gasteiger partial charge in [-0.3, -0.25) is 9.59 Å². The third-order valence-corrected chi connectivity index (χ3v) is 5.60. The highest BCUT2D eigenvalue weighted by atomic mass is 79.9. The molecule has 3 aromatic rings. The molecule has 144 valence electrons. The van der Waals surface area contributed by atoms with Crippen molar-refractivity contribution in [3.05, 3.63) is 86.6 Å². The van der Waals surface area contributed by atoms with Gasteiger partial charge in [-0.15, -0.1) is 0 Å². The van der Waals surface area contributed by atoms with Gasteiger partial charge in [0.2, 0.25) is 5.91 Å². The molecule has 2 aromatic carbocycles. The number of benzene rings is 2. The maximum absolute atomic E-state index is 12.4. The van der Waals surface area contributed by atoms with E-state index in [1.807, 2.05) is 62.4 Å². The Morgan fingerprint density at radius 3 is 2.64 bits per heavy atom. The number of halogens is 1. The number of nitrogens with zero attached hydrogens (tertiary/aromatic N) is 2. The molecule has 0 saturated heterocycles. The monoisotopic (exact) mass is 457 g/mol. The molecule has 0 radical (unpaired) electrons. The zero-order valence-corrected chi connectivity index (χ0v) is 18.0. The Balaban J connectivity index is 1.67. The summed E-state index contributed by atoms with van der Waals surface area (Å²) in [6.45, 7) is 4.27. The molecule has 0 unspecified atom stereocenters. The van der Waals surface area contributed by atoms with Crippen LogP contribution in [0.15, 0.2) is 75.0 Å². The van der Waals surface area contributed by atoms with Gasteiger partial charge in [-0.05, 0) is 49.7 Å². The first-order valence-electron chi connectivity index (χ1n) is 8.78. The van der Waals surface area contributed by atoms with E-state index in [0.29, 0.717) is 17.3 Å². The maximum Gasteiger partial charge on any atom is 0.271 e. The average Bonchev–Trinajstić information content (AvgIpc) is 2.68. The van der Waals surface area contributed by atoms with Gasteiger partial charge in [-0.25, -0.2) is 0 Å². The topological polar surface area (TPSA) is 64.0 Å². The van der Waals surface area contributed by atoms with Crippen LogP contribution in [0.3, 0.4) is 0 Å². The van der Waals surface area contributed by atoms with E-state index in [4.69, 9.17) is 0 Å². The molecule has 1 atom stereocenters. The summed E-state index contributed by atoms with van der Waals surface area (Å²) in [6, 6.07) is 18.5. The summed E-state index contributed by atoms with van der Waals surface area (Å²) >= 11 is 4.74. The molecule has 7 heteroatoms. The second-order valence-electron chi connectivity index (χ2n) is 6.36. The highest BCUT2D eigenvalue weighted by molar-refractivity contribution is 9.10. The quantitative estimate of drug-likeness (QED) is 0.565. The van der Waals surface area contributed by atoms with Crippen molar-refractivity contribution in [3.8, 4) is 5.69 Å². The van der Waals surface area contributed by atoms with Gasteiger partial charge in [0, 0.05) is 17.1 Å². The molecule has 1 amide bonds. The Hall–Kier alpha value is -2.38. The Bertz CT molecular complexity index is 1030. The van der Waals surface area contributed by atoms with Crippen LogP contribution in [0.4, 0.5) is 0 Å². The molecule has 28 heavy (non-hydrogen) atoms. The molecule has 1 N–H and O–H groups in total. The summed E-state index contributed by atoms with van der Waals surface area (Å²) in [7, 11) is 0. The number of aromatic nitrogens is 2. The van der Waals surface area contributed by atoms with Crippen molar-refractivity contribution < 1.29 is 4.79 Å². The van der Waals surface area contributed by atoms with Crippen molar-refractivity contribution in [2.75, 3.05) is 0 Å². The van der Waals surface area contributed by atoms with Crippen LogP contribution in [0.5, 0.6) is 0 Å². The van der Waals surface area contributed by atoms with Gasteiger partial charge < -0.3 is 5.32 Å². The minimum Gasteiger partial charge on any atom is -0.351 e. The molecular weight excluding hydrogens is 438 g/mol. The Kier molecular flexibility index (Phi) is 6.70. The minimum absolute atomic E-state index is 0.0835. The van der Waals surface area contributed by atoms with Gasteiger partial charge in [0.05, 0.1) is 10.9 Å². The van der Waals surface area contributed by atoms with E-state index in [0.717, 1.165) is 15.6 Å². The molecule has 1 aromatic heterocycles. The van der Waals surface area contributed by atoms with Crippen LogP contribution in [0.1, 0.15) is 18.1 Å². The zero-order chi connectivity index (χ0) is 20.1. The first-order valence-corrected chi connectivity index (χ1v) is 10.5. The number of rotatable bonds is 6. The third kappa shape index (κ3) is 5.33. The number of hydrogen-bond donors (Lipinski definition) is 1. The molecule has 0 fully saturated rings. The van der Waals surface area contributed by atoms with E-state index < -0.39 is 0 Å². The number of hydrogen-bond acceptors (Lipinski definition) is 4. The van der Waals surface area contributed by atoms with Crippen LogP contribution >= 0.6 is 27.7 Å². The summed E-state index contributed by atoms with van der Waals surface area (Å²) in [4.78, 5) is 24.6. The molecule has 5 nitrogen and oxygen atoms in total. The fourth-order valence-corrected chi connectivity index (χ4v) is 3.82. The molecule has 0 aliphatic heterocycles. The number of thioether (sulfide) groups is 1. The lowest BCUT2D eigenvalue weighted by Gasteiger charge is -2.13. The van der Waals surface area contributed by atoms with Gasteiger partial charge in [-0.2, -0.15) is 9.78 Å². The largest absolute Gasteiger partial charge is 0.351 e. The molecule has 0 spiro atoms. The number of nitrogens with one attached hydrogen (secondary N) is 1. The van der Waals surface area contributed by atoms with Crippen molar-refractivity contribution >= 4 is 33.6 Å². The standard InChI is InChI=1S/C21H20BrN3O2S/c1-14-6-8-18(9-7-14)25-20(26)11-10-19(24-25)28-15(2)21(27)23-13-16-4-3-5-17(22)12-16/h3-12,15H,13H2,1-2H3,(H,23,27)/t15-/m1/s1. The lowest BCUT2D eigenvalue weighted by molar-refractivity contribution is -0.120. The highest BCUT2D eigenvalue weighted by Crippen LogP contribution is 2.21. The van der Waals surface area contributed by atoms with Crippen LogP contribution in [0.2, 0.25) is 0 Å². The normalized spacial score (nSPS) is 11.8. The summed E-state index contributed by atoms with van der Waals surface area (Å²) in [5, 5.41) is 7.61. The molecule has 1 heterocycles. The van der Waals surface area contributed by atoms with Crippen LogP contribution in [0, 0.1) is 6.92 Å². The lowest BCUT2D eigenvalue weighted by Crippen LogP contribution is -2.30. The molecular formula is C21H20BrN3O2S. The predicted octanol–water partition coefficient (Wildman–Crippen LogP) is 4.10. The van der Waals surface area contributed by atoms with Crippen molar-refractivity contribution in [2.45, 2.75) is 30.7 Å². The van der Waals surface area contributed by atoms with Crippen molar-refractivity contribution in [3.63, 3.8) is 0 Å². The Morgan fingerprint density at radius 1 is 1.18 bits per heavy atom. The Labute approximate surface area is 176 Å². The molecule has 0 aliphatic carbocycles. The van der Waals surface area contributed by atoms with Crippen LogP contribution in [0.25, 0.3) is 5.69 Å². The lowest BCUT2D eigenvalue weighted by atomic mass is 10.2. The van der Waals surface area contributed by atoms with Crippen molar-refractivity contribution in [2.24, 2.45) is 0 Å². The average molecular weight is 458 g/mol. The summed E-state index contributed by atoms with van der Waals surface area (Å²) in [5.74, 6) is -0.0835. The molecule has 3 rings (SSSR count). The van der Waals surface area contributed by atoms with Crippen LogP contribution in [-0.4, -0.2) is 20.9 Å². The van der Waals surface area contributed by atoms with Crippen molar-refractivity contribution in [1.82, 2.24) is 15.1 Å². The van der Waals surface area contributed by atoms with E-state index in [9.17, 15) is 9.59 Å². The van der Waals surface area contributed by atoms with E-state index in [1.165, 1.54) is 22.5 Å². The summed E-state index contributed by atoms with van der Waals surface area (Å²) in [6.07, 6.45) is 0. The van der Waals surface area contributed by atoms with E-state index >= 15 is 0 Å². The zero-order valence-electron chi connectivity index (χ0n) is 15.6. The fourth-order valence-electron chi connectivity index (χ4n) is 2.54. The first kappa shape index (κ1) is 20.4. The smallest absolute Gasteiger partial charge is 0.271 e. The number of amides is 1. The number of carbonyl (C=O) groups is 1. The summed E-state index contributed by atoms with van der Waals surface area (Å²) in [5.41, 5.74) is 2.62. The van der Waals surface area contributed by atoms with Gasteiger partial charge in [-0.1, -0.05) is 57.5 Å². The van der Waals surface area contributed by atoms with Crippen LogP contribution < -0.4 is 10.9 Å². The maximum atomic E-state index is 12.4. The first-order chi connectivity index (χ1) is 13.4. The summed E-state index contributed by atoms with van der Waals surface area (Å²) < 4.78 is 2.33. The number of aryl methyl sites for hydroxylation is 1. The predicted molar refractivity (Wildman–Crippen MR) is 116 cm³/mol. The van der Waals surface area contributed by atoms with E-state index in [1.54, 1.807) is 6.07 Å². The Morgan fingerprint density at radius 2 is 1.93 bits per heavy atom. The molecule has 0 bridgehead atoms. The van der Waals surface area contributed by atoms with Crippen LogP contribution in [-0.2, 0) is 11.3 Å². The van der Waals surface area contributed by atoms with E-state index in [2.05, 4.69) is 26.3 Å². The molecule has 0 aliphatic rings. The van der Waals surface area contributed by atoms with Gasteiger partial charge in [0.1, 0.15) is 5.03 Å². The van der Waals surface area contributed by atoms with E-state index in [-0.39, 0.29) is 16.7 Å². The second-order valence-corrected chi connectivity index (χ2v) is 8.64. The van der Waals surface area contributed by atoms with Crippen molar-refractivity contribution in [1.29, 1.82) is 0 Å². The highest BCUT2D eigenvalue weighted by Gasteiger charge is 2.16. The van der Waals surface area contributed by atoms with Gasteiger partial charge in [0.15, 0.2) is 0 Å². The second kappa shape index (κ2) is 9.21. The third-order valence-electron chi connectivity index (χ3n) is 4.08. The number of carbonyl (C=O) groups excluding carboxylic acids is 1. The van der Waals surface area contributed by atoms with Gasteiger partial charge >= 0.3 is 0 Å². The SMILES string of the molecule is Cc1ccc(-n2nc(S[C@H](C)C(=O)NCc3cccc(Br)c3)ccc2=O)cc1.